The second kappa shape index (κ2) is 7.58. The zero-order valence-electron chi connectivity index (χ0n) is 16.2. The van der Waals surface area contributed by atoms with E-state index in [-0.39, 0.29) is 5.82 Å². The largest absolute Gasteiger partial charge is 0.471 e. The first-order chi connectivity index (χ1) is 14.3. The highest BCUT2D eigenvalue weighted by Gasteiger charge is 2.38. The number of rotatable bonds is 5. The molecule has 1 saturated heterocycles. The predicted octanol–water partition coefficient (Wildman–Crippen LogP) is 2.98. The van der Waals surface area contributed by atoms with Gasteiger partial charge in [-0.1, -0.05) is 29.4 Å². The van der Waals surface area contributed by atoms with E-state index in [2.05, 4.69) is 14.7 Å². The lowest BCUT2D eigenvalue weighted by Gasteiger charge is -2.33. The van der Waals surface area contributed by atoms with Gasteiger partial charge in [-0.2, -0.15) is 18.2 Å². The number of hydrogen-bond acceptors (Lipinski definition) is 7. The number of nitrogens with zero attached hydrogens (tertiary/aromatic N) is 4. The molecule has 158 valence electrons. The minimum absolute atomic E-state index is 0.155. The first-order valence-electron chi connectivity index (χ1n) is 9.55. The third-order valence-corrected chi connectivity index (χ3v) is 5.22. The fourth-order valence-electron chi connectivity index (χ4n) is 3.70. The standard InChI is InChI=1S/C20H19F3N4O3/c1-26(14-15(17(29)16(14)28)27-9-3-2-4-10-27)11-12-5-7-13(8-6-12)18-24-19(30-25-18)20(21,22)23/h5-8H,2-4,9-11H2,1H3. The van der Waals surface area contributed by atoms with E-state index in [0.717, 1.165) is 37.9 Å². The number of alkyl halides is 3. The average molecular weight is 420 g/mol. The van der Waals surface area contributed by atoms with Gasteiger partial charge in [-0.05, 0) is 24.8 Å². The summed E-state index contributed by atoms with van der Waals surface area (Å²) in [5.74, 6) is -1.55. The maximum atomic E-state index is 12.6. The molecule has 1 aromatic heterocycles. The zero-order chi connectivity index (χ0) is 21.5. The van der Waals surface area contributed by atoms with Crippen molar-refractivity contribution in [2.45, 2.75) is 32.0 Å². The van der Waals surface area contributed by atoms with Crippen LogP contribution in [-0.2, 0) is 12.7 Å². The molecule has 0 N–H and O–H groups in total. The van der Waals surface area contributed by atoms with E-state index in [4.69, 9.17) is 0 Å². The number of aromatic nitrogens is 2. The summed E-state index contributed by atoms with van der Waals surface area (Å²) in [5, 5.41) is 3.36. The minimum atomic E-state index is -4.69. The first kappa shape index (κ1) is 20.1. The fraction of sp³-hybridized carbons (Fsp3) is 0.400. The van der Waals surface area contributed by atoms with Crippen LogP contribution in [0.25, 0.3) is 11.4 Å². The molecule has 3 aromatic rings. The Bertz CT molecular complexity index is 1110. The van der Waals surface area contributed by atoms with Crippen LogP contribution in [0.2, 0.25) is 0 Å². The maximum absolute atomic E-state index is 12.6. The van der Waals surface area contributed by atoms with Crippen molar-refractivity contribution in [3.63, 3.8) is 0 Å². The van der Waals surface area contributed by atoms with E-state index in [1.165, 1.54) is 0 Å². The molecule has 4 rings (SSSR count). The van der Waals surface area contributed by atoms with E-state index in [1.807, 2.05) is 4.90 Å². The highest BCUT2D eigenvalue weighted by molar-refractivity contribution is 5.76. The molecule has 0 aliphatic carbocycles. The molecule has 0 unspecified atom stereocenters. The van der Waals surface area contributed by atoms with Crippen molar-refractivity contribution >= 4 is 11.4 Å². The molecule has 2 aromatic carbocycles. The van der Waals surface area contributed by atoms with Crippen LogP contribution in [0.3, 0.4) is 0 Å². The number of halogens is 3. The molecule has 0 amide bonds. The molecule has 0 spiro atoms. The van der Waals surface area contributed by atoms with Crippen LogP contribution in [0.4, 0.5) is 24.5 Å². The van der Waals surface area contributed by atoms with Crippen molar-refractivity contribution in [1.82, 2.24) is 10.1 Å². The van der Waals surface area contributed by atoms with Crippen LogP contribution in [-0.4, -0.2) is 30.3 Å². The Labute approximate surface area is 169 Å². The highest BCUT2D eigenvalue weighted by Crippen LogP contribution is 2.30. The molecule has 30 heavy (non-hydrogen) atoms. The third-order valence-electron chi connectivity index (χ3n) is 5.22. The van der Waals surface area contributed by atoms with Crippen molar-refractivity contribution < 1.29 is 17.7 Å². The van der Waals surface area contributed by atoms with Crippen LogP contribution in [0.15, 0.2) is 38.4 Å². The average Bonchev–Trinajstić information content (AvgIpc) is 3.23. The highest BCUT2D eigenvalue weighted by atomic mass is 19.4. The summed E-state index contributed by atoms with van der Waals surface area (Å²) >= 11 is 0. The third kappa shape index (κ3) is 3.69. The van der Waals surface area contributed by atoms with Gasteiger partial charge >= 0.3 is 12.1 Å². The van der Waals surface area contributed by atoms with Crippen LogP contribution in [0.1, 0.15) is 30.7 Å². The van der Waals surface area contributed by atoms with Gasteiger partial charge in [-0.3, -0.25) is 9.59 Å². The molecule has 2 heterocycles. The minimum Gasteiger partial charge on any atom is -0.366 e. The summed E-state index contributed by atoms with van der Waals surface area (Å²) in [6.07, 6.45) is -1.58. The normalized spacial score (nSPS) is 15.0. The SMILES string of the molecule is CN(Cc1ccc(-c2noc(C(F)(F)F)n2)cc1)c1c(N2CCCCC2)c(=O)c1=O. The van der Waals surface area contributed by atoms with Gasteiger partial charge in [0.2, 0.25) is 5.82 Å². The molecule has 1 fully saturated rings. The van der Waals surface area contributed by atoms with Crippen molar-refractivity contribution in [3.8, 4) is 11.4 Å². The number of hydrogen-bond donors (Lipinski definition) is 0. The number of benzene rings is 1. The number of anilines is 2. The van der Waals surface area contributed by atoms with E-state index in [9.17, 15) is 22.8 Å². The van der Waals surface area contributed by atoms with Crippen LogP contribution >= 0.6 is 0 Å². The van der Waals surface area contributed by atoms with Crippen molar-refractivity contribution in [2.75, 3.05) is 29.9 Å². The maximum Gasteiger partial charge on any atom is 0.471 e. The van der Waals surface area contributed by atoms with Crippen molar-refractivity contribution in [3.05, 3.63) is 56.2 Å². The monoisotopic (exact) mass is 420 g/mol. The summed E-state index contributed by atoms with van der Waals surface area (Å²) in [6.45, 7) is 1.90. The lowest BCUT2D eigenvalue weighted by atomic mass is 10.1. The molecule has 7 nitrogen and oxygen atoms in total. The van der Waals surface area contributed by atoms with E-state index < -0.39 is 22.9 Å². The Morgan fingerprint density at radius 1 is 1.07 bits per heavy atom. The topological polar surface area (TPSA) is 79.5 Å². The van der Waals surface area contributed by atoms with E-state index >= 15 is 0 Å². The Balaban J connectivity index is 1.49. The van der Waals surface area contributed by atoms with Gasteiger partial charge in [0.25, 0.3) is 10.9 Å². The lowest BCUT2D eigenvalue weighted by molar-refractivity contribution is -0.159. The molecule has 0 bridgehead atoms. The number of piperidine rings is 1. The van der Waals surface area contributed by atoms with Gasteiger partial charge in [0.1, 0.15) is 11.4 Å². The molecule has 1 aliphatic heterocycles. The van der Waals surface area contributed by atoms with E-state index in [0.29, 0.717) is 23.5 Å². The van der Waals surface area contributed by atoms with Gasteiger partial charge in [0.15, 0.2) is 0 Å². The lowest BCUT2D eigenvalue weighted by Crippen LogP contribution is -2.46. The van der Waals surface area contributed by atoms with Crippen LogP contribution < -0.4 is 20.7 Å². The Kier molecular flexibility index (Phi) is 5.08. The van der Waals surface area contributed by atoms with Crippen LogP contribution in [0, 0.1) is 0 Å². The smallest absolute Gasteiger partial charge is 0.366 e. The molecule has 10 heteroatoms. The van der Waals surface area contributed by atoms with Crippen LogP contribution in [0.5, 0.6) is 0 Å². The fourth-order valence-corrected chi connectivity index (χ4v) is 3.70. The summed E-state index contributed by atoms with van der Waals surface area (Å²) in [7, 11) is 1.74. The Morgan fingerprint density at radius 2 is 1.73 bits per heavy atom. The Morgan fingerprint density at radius 3 is 2.33 bits per heavy atom. The molecular weight excluding hydrogens is 401 g/mol. The first-order valence-corrected chi connectivity index (χ1v) is 9.55. The summed E-state index contributed by atoms with van der Waals surface area (Å²) in [4.78, 5) is 31.4. The molecule has 1 aliphatic rings. The van der Waals surface area contributed by atoms with Gasteiger partial charge in [0, 0.05) is 32.2 Å². The summed E-state index contributed by atoms with van der Waals surface area (Å²) in [6, 6.07) is 6.59. The summed E-state index contributed by atoms with van der Waals surface area (Å²) in [5.41, 5.74) is 1.18. The predicted molar refractivity (Wildman–Crippen MR) is 104 cm³/mol. The molecule has 0 saturated carbocycles. The second-order valence-corrected chi connectivity index (χ2v) is 7.38. The van der Waals surface area contributed by atoms with Gasteiger partial charge in [0.05, 0.1) is 0 Å². The van der Waals surface area contributed by atoms with Crippen molar-refractivity contribution in [1.29, 1.82) is 0 Å². The van der Waals surface area contributed by atoms with Gasteiger partial charge in [-0.15, -0.1) is 0 Å². The van der Waals surface area contributed by atoms with Gasteiger partial charge in [-0.25, -0.2) is 0 Å². The quantitative estimate of drug-likeness (QED) is 0.587. The van der Waals surface area contributed by atoms with Gasteiger partial charge < -0.3 is 14.3 Å². The Hall–Kier alpha value is -3.17. The molecule has 0 atom stereocenters. The zero-order valence-corrected chi connectivity index (χ0v) is 16.2. The van der Waals surface area contributed by atoms with E-state index in [1.54, 1.807) is 36.2 Å². The second-order valence-electron chi connectivity index (χ2n) is 7.38. The molecular formula is C20H19F3N4O3. The summed E-state index contributed by atoms with van der Waals surface area (Å²) < 4.78 is 42.1. The molecule has 0 radical (unpaired) electrons. The van der Waals surface area contributed by atoms with Crippen molar-refractivity contribution in [2.24, 2.45) is 0 Å².